The minimum atomic E-state index is 0.163. The van der Waals surface area contributed by atoms with Gasteiger partial charge in [0.1, 0.15) is 0 Å². The van der Waals surface area contributed by atoms with E-state index in [1.807, 2.05) is 0 Å². The van der Waals surface area contributed by atoms with E-state index in [1.165, 1.54) is 50.7 Å². The summed E-state index contributed by atoms with van der Waals surface area (Å²) in [5.41, 5.74) is 0. The first-order chi connectivity index (χ1) is 12.2. The summed E-state index contributed by atoms with van der Waals surface area (Å²) in [6.07, 6.45) is 18.0. The Bertz CT molecular complexity index is 326. The summed E-state index contributed by atoms with van der Waals surface area (Å²) in [5, 5.41) is 0. The second-order valence-electron chi connectivity index (χ2n) is 6.70. The number of rotatable bonds is 20. The quantitative estimate of drug-likeness (QED) is 0.200. The van der Waals surface area contributed by atoms with Crippen LogP contribution in [0.2, 0.25) is 0 Å². The molecule has 0 rings (SSSR count). The molecule has 0 spiro atoms. The van der Waals surface area contributed by atoms with Gasteiger partial charge in [-0.25, -0.2) is 0 Å². The minimum absolute atomic E-state index is 0.163. The Hall–Kier alpha value is -1.22. The van der Waals surface area contributed by atoms with E-state index in [0.29, 0.717) is 12.8 Å². The summed E-state index contributed by atoms with van der Waals surface area (Å²) in [6.45, 7) is 8.71. The van der Waals surface area contributed by atoms with Gasteiger partial charge in [-0.05, 0) is 37.8 Å². The maximum atomic E-state index is 11.0. The fraction of sp³-hybridized carbons (Fsp3) is 0.727. The number of unbranched alkanes of at least 4 members (excludes halogenated alkanes) is 10. The van der Waals surface area contributed by atoms with Crippen LogP contribution in [0.15, 0.2) is 25.3 Å². The third-order valence-electron chi connectivity index (χ3n) is 4.38. The first-order valence-corrected chi connectivity index (χ1v) is 10.1. The molecule has 0 atom stereocenters. The average Bonchev–Trinajstić information content (AvgIpc) is 2.63. The summed E-state index contributed by atoms with van der Waals surface area (Å²) in [5.74, 6) is 0.326. The lowest BCUT2D eigenvalue weighted by molar-refractivity contribution is -0.115. The van der Waals surface area contributed by atoms with Gasteiger partial charge in [-0.2, -0.15) is 0 Å². The average molecular weight is 351 g/mol. The first-order valence-electron chi connectivity index (χ1n) is 10.1. The molecule has 0 aliphatic heterocycles. The molecule has 0 aliphatic carbocycles. The van der Waals surface area contributed by atoms with Crippen molar-refractivity contribution in [2.75, 3.05) is 13.2 Å². The van der Waals surface area contributed by atoms with Crippen molar-refractivity contribution in [2.45, 2.75) is 89.9 Å². The van der Waals surface area contributed by atoms with Crippen LogP contribution in [0.3, 0.4) is 0 Å². The zero-order valence-electron chi connectivity index (χ0n) is 16.1. The Morgan fingerprint density at radius 2 is 0.880 bits per heavy atom. The number of ketones is 2. The molecule has 0 saturated heterocycles. The van der Waals surface area contributed by atoms with Gasteiger partial charge in [0, 0.05) is 26.1 Å². The fourth-order valence-corrected chi connectivity index (χ4v) is 2.73. The summed E-state index contributed by atoms with van der Waals surface area (Å²) in [7, 11) is 0. The Morgan fingerprint density at radius 1 is 0.560 bits per heavy atom. The lowest BCUT2D eigenvalue weighted by Crippen LogP contribution is -1.97. The van der Waals surface area contributed by atoms with Gasteiger partial charge < -0.3 is 4.74 Å². The van der Waals surface area contributed by atoms with Gasteiger partial charge in [0.2, 0.25) is 0 Å². The SMILES string of the molecule is C=CC(=O)CCCCCCCCOCCCCCCCCC(=O)C=C. The van der Waals surface area contributed by atoms with Gasteiger partial charge in [0.05, 0.1) is 0 Å². The standard InChI is InChI=1S/C22H38O3/c1-3-21(23)17-13-9-5-7-11-15-19-25-20-16-12-8-6-10-14-18-22(24)4-2/h3-4H,1-2,5-20H2. The molecule has 144 valence electrons. The van der Waals surface area contributed by atoms with Crippen molar-refractivity contribution in [1.82, 2.24) is 0 Å². The van der Waals surface area contributed by atoms with Crippen LogP contribution in [0.4, 0.5) is 0 Å². The summed E-state index contributed by atoms with van der Waals surface area (Å²) in [4.78, 5) is 22.1. The first kappa shape index (κ1) is 23.8. The monoisotopic (exact) mass is 350 g/mol. The van der Waals surface area contributed by atoms with Crippen molar-refractivity contribution >= 4 is 11.6 Å². The molecule has 0 aromatic rings. The van der Waals surface area contributed by atoms with E-state index in [-0.39, 0.29) is 11.6 Å². The van der Waals surface area contributed by atoms with Crippen LogP contribution in [0, 0.1) is 0 Å². The molecule has 0 bridgehead atoms. The zero-order chi connectivity index (χ0) is 18.6. The van der Waals surface area contributed by atoms with Crippen LogP contribution in [-0.4, -0.2) is 24.8 Å². The normalized spacial score (nSPS) is 10.6. The Labute approximate surface area is 154 Å². The number of carbonyl (C=O) groups is 2. The highest BCUT2D eigenvalue weighted by Crippen LogP contribution is 2.09. The highest BCUT2D eigenvalue weighted by atomic mass is 16.5. The van der Waals surface area contributed by atoms with Crippen molar-refractivity contribution < 1.29 is 14.3 Å². The van der Waals surface area contributed by atoms with E-state index in [2.05, 4.69) is 13.2 Å². The predicted octanol–water partition coefficient (Wildman–Crippen LogP) is 5.97. The molecule has 0 aromatic carbocycles. The number of allylic oxidation sites excluding steroid dienone is 2. The smallest absolute Gasteiger partial charge is 0.155 e. The molecule has 3 heteroatoms. The lowest BCUT2D eigenvalue weighted by atomic mass is 10.1. The third kappa shape index (κ3) is 19.0. The van der Waals surface area contributed by atoms with Crippen LogP contribution >= 0.6 is 0 Å². The number of hydrogen-bond donors (Lipinski definition) is 0. The van der Waals surface area contributed by atoms with E-state index in [0.717, 1.165) is 51.7 Å². The molecule has 0 unspecified atom stereocenters. The van der Waals surface area contributed by atoms with E-state index < -0.39 is 0 Å². The van der Waals surface area contributed by atoms with Gasteiger partial charge in [0.25, 0.3) is 0 Å². The van der Waals surface area contributed by atoms with Gasteiger partial charge in [-0.15, -0.1) is 0 Å². The molecular weight excluding hydrogens is 312 g/mol. The molecule has 0 fully saturated rings. The van der Waals surface area contributed by atoms with Crippen LogP contribution in [0.5, 0.6) is 0 Å². The van der Waals surface area contributed by atoms with Crippen molar-refractivity contribution in [3.63, 3.8) is 0 Å². The highest BCUT2D eigenvalue weighted by Gasteiger charge is 1.97. The fourth-order valence-electron chi connectivity index (χ4n) is 2.73. The Kier molecular flexibility index (Phi) is 18.2. The Balaban J connectivity index is 3.07. The number of hydrogen-bond acceptors (Lipinski definition) is 3. The molecule has 0 N–H and O–H groups in total. The maximum absolute atomic E-state index is 11.0. The van der Waals surface area contributed by atoms with E-state index in [9.17, 15) is 9.59 Å². The molecule has 0 aliphatic rings. The second-order valence-corrected chi connectivity index (χ2v) is 6.70. The maximum Gasteiger partial charge on any atom is 0.155 e. The Morgan fingerprint density at radius 3 is 1.24 bits per heavy atom. The largest absolute Gasteiger partial charge is 0.381 e. The molecular formula is C22H38O3. The molecule has 0 heterocycles. The van der Waals surface area contributed by atoms with Crippen molar-refractivity contribution in [3.05, 3.63) is 25.3 Å². The topological polar surface area (TPSA) is 43.4 Å². The number of ether oxygens (including phenoxy) is 1. The predicted molar refractivity (Wildman–Crippen MR) is 106 cm³/mol. The molecule has 0 amide bonds. The van der Waals surface area contributed by atoms with Crippen LogP contribution in [0.25, 0.3) is 0 Å². The summed E-state index contributed by atoms with van der Waals surface area (Å²) < 4.78 is 5.67. The molecule has 0 aromatic heterocycles. The third-order valence-corrected chi connectivity index (χ3v) is 4.38. The van der Waals surface area contributed by atoms with Crippen LogP contribution in [-0.2, 0) is 14.3 Å². The second kappa shape index (κ2) is 19.1. The highest BCUT2D eigenvalue weighted by molar-refractivity contribution is 5.89. The molecule has 0 radical (unpaired) electrons. The number of carbonyl (C=O) groups excluding carboxylic acids is 2. The molecule has 25 heavy (non-hydrogen) atoms. The summed E-state index contributed by atoms with van der Waals surface area (Å²) in [6, 6.07) is 0. The van der Waals surface area contributed by atoms with E-state index >= 15 is 0 Å². The van der Waals surface area contributed by atoms with Crippen LogP contribution < -0.4 is 0 Å². The minimum Gasteiger partial charge on any atom is -0.381 e. The van der Waals surface area contributed by atoms with Crippen molar-refractivity contribution in [2.24, 2.45) is 0 Å². The van der Waals surface area contributed by atoms with E-state index in [4.69, 9.17) is 4.74 Å². The van der Waals surface area contributed by atoms with Gasteiger partial charge >= 0.3 is 0 Å². The van der Waals surface area contributed by atoms with Gasteiger partial charge in [-0.3, -0.25) is 9.59 Å². The van der Waals surface area contributed by atoms with Crippen molar-refractivity contribution in [3.8, 4) is 0 Å². The van der Waals surface area contributed by atoms with E-state index in [1.54, 1.807) is 0 Å². The lowest BCUT2D eigenvalue weighted by Gasteiger charge is -2.05. The van der Waals surface area contributed by atoms with Gasteiger partial charge in [-0.1, -0.05) is 64.5 Å². The summed E-state index contributed by atoms with van der Waals surface area (Å²) >= 11 is 0. The molecule has 3 nitrogen and oxygen atoms in total. The van der Waals surface area contributed by atoms with Crippen molar-refractivity contribution in [1.29, 1.82) is 0 Å². The van der Waals surface area contributed by atoms with Gasteiger partial charge in [0.15, 0.2) is 11.6 Å². The van der Waals surface area contributed by atoms with Crippen LogP contribution in [0.1, 0.15) is 89.9 Å². The molecule has 0 saturated carbocycles. The zero-order valence-corrected chi connectivity index (χ0v) is 16.1.